The summed E-state index contributed by atoms with van der Waals surface area (Å²) in [6, 6.07) is 34.3. The molecule has 2 saturated heterocycles. The molecule has 2 aliphatic rings. The molecule has 0 aliphatic carbocycles. The third-order valence-corrected chi connectivity index (χ3v) is 10.4. The molecule has 1 N–H and O–H groups in total. The first-order valence-corrected chi connectivity index (χ1v) is 21.3. The number of hydrogen-bond donors (Lipinski definition) is 1. The maximum Gasteiger partial charge on any atom is 0.335 e. The molecule has 2 aliphatic heterocycles. The molecule has 0 saturated carbocycles. The predicted octanol–water partition coefficient (Wildman–Crippen LogP) is 5.48. The van der Waals surface area contributed by atoms with Gasteiger partial charge in [-0.15, -0.1) is 0 Å². The second-order valence-corrected chi connectivity index (χ2v) is 15.5. The molecule has 6 rings (SSSR count). The monoisotopic (exact) mass is 914 g/mol. The third kappa shape index (κ3) is 14.5. The van der Waals surface area contributed by atoms with Crippen molar-refractivity contribution in [1.29, 1.82) is 0 Å². The number of ether oxygens (including phenoxy) is 11. The van der Waals surface area contributed by atoms with Crippen LogP contribution in [0, 0.1) is 0 Å². The fourth-order valence-corrected chi connectivity index (χ4v) is 7.45. The van der Waals surface area contributed by atoms with Crippen LogP contribution in [0.1, 0.15) is 60.3 Å². The number of hydrogen-bond acceptors (Lipinski definition) is 16. The SMILES string of the molecule is CC(=O)OC[C@H]1O[C@@H](O[C@H]2[C@H](OCc3ccccc3)[C@@H](OCc3ccccc3)C(OCc3ccc(C(=O)O)cc3)O[C@@H]2COCc2ccccc2)[C@H](OC(C)=O)[C@@H](OC(C)=O)[C@H]1OC(C)=O. The average molecular weight is 915 g/mol. The van der Waals surface area contributed by atoms with Gasteiger partial charge in [0.1, 0.15) is 37.1 Å². The summed E-state index contributed by atoms with van der Waals surface area (Å²) in [7, 11) is 0. The number of carbonyl (C=O) groups is 5. The summed E-state index contributed by atoms with van der Waals surface area (Å²) >= 11 is 0. The highest BCUT2D eigenvalue weighted by Crippen LogP contribution is 2.36. The second-order valence-electron chi connectivity index (χ2n) is 15.5. The fraction of sp³-hybridized carbons (Fsp3) is 0.408. The molecule has 66 heavy (non-hydrogen) atoms. The summed E-state index contributed by atoms with van der Waals surface area (Å²) in [5.74, 6) is -4.18. The van der Waals surface area contributed by atoms with Crippen molar-refractivity contribution in [2.45, 2.75) is 116 Å². The van der Waals surface area contributed by atoms with E-state index in [1.165, 1.54) is 19.1 Å². The number of carbonyl (C=O) groups excluding carboxylic acids is 4. The van der Waals surface area contributed by atoms with E-state index in [2.05, 4.69) is 0 Å². The van der Waals surface area contributed by atoms with E-state index in [9.17, 15) is 29.1 Å². The largest absolute Gasteiger partial charge is 0.478 e. The topological polar surface area (TPSA) is 207 Å². The number of benzene rings is 4. The molecule has 17 heteroatoms. The van der Waals surface area contributed by atoms with Crippen LogP contribution in [0.15, 0.2) is 115 Å². The lowest BCUT2D eigenvalue weighted by Gasteiger charge is -2.49. The Balaban J connectivity index is 1.43. The van der Waals surface area contributed by atoms with Crippen LogP contribution < -0.4 is 0 Å². The molecule has 352 valence electrons. The van der Waals surface area contributed by atoms with E-state index in [-0.39, 0.29) is 38.6 Å². The molecule has 0 spiro atoms. The highest BCUT2D eigenvalue weighted by molar-refractivity contribution is 5.87. The minimum absolute atomic E-state index is 0.0377. The van der Waals surface area contributed by atoms with Gasteiger partial charge in [0.15, 0.2) is 30.9 Å². The maximum absolute atomic E-state index is 12.8. The van der Waals surface area contributed by atoms with Crippen LogP contribution >= 0.6 is 0 Å². The smallest absolute Gasteiger partial charge is 0.335 e. The minimum atomic E-state index is -1.63. The lowest BCUT2D eigenvalue weighted by Crippen LogP contribution is -2.67. The van der Waals surface area contributed by atoms with E-state index >= 15 is 0 Å². The highest BCUT2D eigenvalue weighted by atomic mass is 16.8. The number of rotatable bonds is 21. The first-order valence-electron chi connectivity index (χ1n) is 21.3. The van der Waals surface area contributed by atoms with Gasteiger partial charge in [-0.05, 0) is 34.4 Å². The molecule has 0 amide bonds. The molecule has 10 atom stereocenters. The van der Waals surface area contributed by atoms with Crippen LogP contribution in [-0.2, 0) is 97.7 Å². The second kappa shape index (κ2) is 24.5. The van der Waals surface area contributed by atoms with Crippen molar-refractivity contribution in [3.05, 3.63) is 143 Å². The van der Waals surface area contributed by atoms with E-state index in [0.717, 1.165) is 37.5 Å². The zero-order valence-corrected chi connectivity index (χ0v) is 37.0. The van der Waals surface area contributed by atoms with Crippen molar-refractivity contribution in [2.75, 3.05) is 13.2 Å². The summed E-state index contributed by atoms with van der Waals surface area (Å²) in [4.78, 5) is 61.7. The first kappa shape index (κ1) is 49.4. The Morgan fingerprint density at radius 2 is 0.909 bits per heavy atom. The maximum atomic E-state index is 12.8. The van der Waals surface area contributed by atoms with Crippen molar-refractivity contribution in [3.8, 4) is 0 Å². The Hall–Kier alpha value is -6.05. The van der Waals surface area contributed by atoms with E-state index in [0.29, 0.717) is 5.56 Å². The molecule has 0 radical (unpaired) electrons. The molecule has 2 heterocycles. The zero-order chi connectivity index (χ0) is 47.0. The Kier molecular flexibility index (Phi) is 18.3. The number of carboxylic acid groups (broad SMARTS) is 1. The fourth-order valence-electron chi connectivity index (χ4n) is 7.45. The van der Waals surface area contributed by atoms with Gasteiger partial charge in [0.25, 0.3) is 0 Å². The number of esters is 4. The molecule has 4 aromatic carbocycles. The van der Waals surface area contributed by atoms with Crippen LogP contribution in [0.4, 0.5) is 0 Å². The van der Waals surface area contributed by atoms with Crippen LogP contribution in [0.5, 0.6) is 0 Å². The molecular formula is C49H54O17. The summed E-state index contributed by atoms with van der Waals surface area (Å²) < 4.78 is 68.8. The van der Waals surface area contributed by atoms with Gasteiger partial charge in [0, 0.05) is 27.7 Å². The predicted molar refractivity (Wildman–Crippen MR) is 230 cm³/mol. The molecular weight excluding hydrogens is 861 g/mol. The third-order valence-electron chi connectivity index (χ3n) is 10.4. The van der Waals surface area contributed by atoms with Crippen molar-refractivity contribution in [2.24, 2.45) is 0 Å². The first-order chi connectivity index (χ1) is 31.8. The summed E-state index contributed by atoms with van der Waals surface area (Å²) in [5, 5.41) is 9.50. The number of aromatic carboxylic acids is 1. The normalized spacial score (nSPS) is 25.0. The zero-order valence-electron chi connectivity index (χ0n) is 37.0. The molecule has 17 nitrogen and oxygen atoms in total. The Morgan fingerprint density at radius 3 is 1.44 bits per heavy atom. The minimum Gasteiger partial charge on any atom is -0.478 e. The molecule has 2 fully saturated rings. The Labute approximate surface area is 382 Å². The van der Waals surface area contributed by atoms with Crippen molar-refractivity contribution in [1.82, 2.24) is 0 Å². The van der Waals surface area contributed by atoms with Crippen molar-refractivity contribution in [3.63, 3.8) is 0 Å². The van der Waals surface area contributed by atoms with E-state index in [1.54, 1.807) is 12.1 Å². The van der Waals surface area contributed by atoms with Gasteiger partial charge >= 0.3 is 29.8 Å². The lowest BCUT2D eigenvalue weighted by atomic mass is 9.95. The number of carboxylic acids is 1. The Bertz CT molecular complexity index is 2170. The highest BCUT2D eigenvalue weighted by Gasteiger charge is 2.56. The van der Waals surface area contributed by atoms with Crippen molar-refractivity contribution >= 4 is 29.8 Å². The van der Waals surface area contributed by atoms with Crippen LogP contribution in [0.3, 0.4) is 0 Å². The standard InChI is InChI=1S/C49H54O17/c1-30(50)57-29-40-42(61-31(2)51)44(62-32(3)52)46(63-33(4)53)49(65-40)66-41-39(28-56-24-34-14-8-5-9-15-34)64-48(60-27-37-20-22-38(23-21-37)47(54)55)45(59-26-36-18-12-7-13-19-36)43(41)58-25-35-16-10-6-11-17-35/h5-23,39-46,48-49H,24-29H2,1-4H3,(H,54,55)/t39-,40-,41-,42+,43+,44+,45-,46-,48?,49+/m1/s1. The van der Waals surface area contributed by atoms with E-state index < -0.39 is 97.9 Å². The van der Waals surface area contributed by atoms with Gasteiger partial charge in [0.2, 0.25) is 0 Å². The molecule has 0 bridgehead atoms. The van der Waals surface area contributed by atoms with Gasteiger partial charge in [-0.3, -0.25) is 19.2 Å². The molecule has 1 unspecified atom stereocenters. The molecule has 4 aromatic rings. The summed E-state index contributed by atoms with van der Waals surface area (Å²) in [6.45, 7) is 4.18. The van der Waals surface area contributed by atoms with Gasteiger partial charge in [-0.25, -0.2) is 4.79 Å². The summed E-state index contributed by atoms with van der Waals surface area (Å²) in [5.41, 5.74) is 3.21. The van der Waals surface area contributed by atoms with Crippen LogP contribution in [0.25, 0.3) is 0 Å². The Morgan fingerprint density at radius 1 is 0.455 bits per heavy atom. The lowest BCUT2D eigenvalue weighted by molar-refractivity contribution is -0.370. The van der Waals surface area contributed by atoms with Crippen molar-refractivity contribution < 1.29 is 81.2 Å². The quantitative estimate of drug-likeness (QED) is 0.0811. The van der Waals surface area contributed by atoms with E-state index in [1.807, 2.05) is 91.0 Å². The van der Waals surface area contributed by atoms with Gasteiger partial charge < -0.3 is 57.2 Å². The average Bonchev–Trinajstić information content (AvgIpc) is 3.29. The van der Waals surface area contributed by atoms with Gasteiger partial charge in [-0.2, -0.15) is 0 Å². The van der Waals surface area contributed by atoms with Crippen LogP contribution in [0.2, 0.25) is 0 Å². The van der Waals surface area contributed by atoms with Gasteiger partial charge in [-0.1, -0.05) is 103 Å². The van der Waals surface area contributed by atoms with Crippen LogP contribution in [-0.4, -0.2) is 110 Å². The summed E-state index contributed by atoms with van der Waals surface area (Å²) in [6.07, 6.45) is -13.1. The van der Waals surface area contributed by atoms with Gasteiger partial charge in [0.05, 0.1) is 38.6 Å². The van der Waals surface area contributed by atoms with E-state index in [4.69, 9.17) is 52.1 Å². The molecule has 0 aromatic heterocycles.